The molecule has 1 rings (SSSR count). The van der Waals surface area contributed by atoms with Gasteiger partial charge in [-0.1, -0.05) is 33.6 Å². The molecule has 0 saturated heterocycles. The van der Waals surface area contributed by atoms with Crippen molar-refractivity contribution in [3.63, 3.8) is 0 Å². The molecule has 0 bridgehead atoms. The molecule has 1 amide bonds. The van der Waals surface area contributed by atoms with Crippen LogP contribution in [0.25, 0.3) is 0 Å². The van der Waals surface area contributed by atoms with Crippen molar-refractivity contribution < 1.29 is 9.90 Å². The van der Waals surface area contributed by atoms with E-state index in [0.29, 0.717) is 17.6 Å². The molecule has 2 atom stereocenters. The Kier molecular flexibility index (Phi) is 6.50. The molecule has 0 aromatic heterocycles. The second-order valence-corrected chi connectivity index (χ2v) is 7.99. The van der Waals surface area contributed by atoms with Crippen molar-refractivity contribution in [2.24, 2.45) is 11.8 Å². The van der Waals surface area contributed by atoms with E-state index in [4.69, 9.17) is 0 Å². The quantitative estimate of drug-likeness (QED) is 0.809. The van der Waals surface area contributed by atoms with Crippen LogP contribution in [0.1, 0.15) is 46.5 Å². The third-order valence-electron chi connectivity index (χ3n) is 3.50. The van der Waals surface area contributed by atoms with Crippen molar-refractivity contribution >= 4 is 17.7 Å². The van der Waals surface area contributed by atoms with E-state index in [1.54, 1.807) is 11.8 Å². The van der Waals surface area contributed by atoms with Crippen LogP contribution in [0, 0.1) is 11.8 Å². The van der Waals surface area contributed by atoms with Crippen LogP contribution in [-0.4, -0.2) is 34.7 Å². The average molecular weight is 273 g/mol. The summed E-state index contributed by atoms with van der Waals surface area (Å²) in [5.74, 6) is 1.50. The topological polar surface area (TPSA) is 49.3 Å². The number of rotatable bonds is 5. The van der Waals surface area contributed by atoms with Crippen LogP contribution in [0.2, 0.25) is 0 Å². The standard InChI is InChI=1S/C14H27NO2S/c1-14(2,3)18-10-13(17)15-8-11-6-4-5-7-12(11)9-16/h11-12,16H,4-10H2,1-3H3,(H,15,17). The molecule has 3 nitrogen and oxygen atoms in total. The Bertz CT molecular complexity index is 263. The summed E-state index contributed by atoms with van der Waals surface area (Å²) in [5, 5.41) is 12.3. The molecule has 2 N–H and O–H groups in total. The Morgan fingerprint density at radius 2 is 1.89 bits per heavy atom. The molecule has 0 aromatic rings. The van der Waals surface area contributed by atoms with Gasteiger partial charge in [0.15, 0.2) is 0 Å². The monoisotopic (exact) mass is 273 g/mol. The zero-order chi connectivity index (χ0) is 13.6. The number of hydrogen-bond donors (Lipinski definition) is 2. The summed E-state index contributed by atoms with van der Waals surface area (Å²) in [4.78, 5) is 11.7. The second-order valence-electron chi connectivity index (χ2n) is 6.19. The zero-order valence-corrected chi connectivity index (χ0v) is 12.7. The lowest BCUT2D eigenvalue weighted by Gasteiger charge is -2.30. The largest absolute Gasteiger partial charge is 0.396 e. The van der Waals surface area contributed by atoms with E-state index in [1.807, 2.05) is 0 Å². The molecule has 0 spiro atoms. The fourth-order valence-corrected chi connectivity index (χ4v) is 3.04. The molecule has 18 heavy (non-hydrogen) atoms. The summed E-state index contributed by atoms with van der Waals surface area (Å²) in [7, 11) is 0. The van der Waals surface area contributed by atoms with Gasteiger partial charge in [-0.25, -0.2) is 0 Å². The van der Waals surface area contributed by atoms with Gasteiger partial charge in [0.05, 0.1) is 5.75 Å². The van der Waals surface area contributed by atoms with Gasteiger partial charge in [-0.3, -0.25) is 4.79 Å². The summed E-state index contributed by atoms with van der Waals surface area (Å²) >= 11 is 1.67. The number of carbonyl (C=O) groups is 1. The smallest absolute Gasteiger partial charge is 0.230 e. The van der Waals surface area contributed by atoms with Crippen LogP contribution in [0.15, 0.2) is 0 Å². The molecule has 1 saturated carbocycles. The minimum absolute atomic E-state index is 0.122. The molecule has 0 heterocycles. The number of hydrogen-bond acceptors (Lipinski definition) is 3. The predicted molar refractivity (Wildman–Crippen MR) is 77.8 cm³/mol. The van der Waals surface area contributed by atoms with Crippen LogP contribution < -0.4 is 5.32 Å². The highest BCUT2D eigenvalue weighted by atomic mass is 32.2. The molecule has 2 unspecified atom stereocenters. The van der Waals surface area contributed by atoms with Gasteiger partial charge < -0.3 is 10.4 Å². The van der Waals surface area contributed by atoms with Gasteiger partial charge in [0.2, 0.25) is 5.91 Å². The lowest BCUT2D eigenvalue weighted by molar-refractivity contribution is -0.118. The first kappa shape index (κ1) is 15.8. The first-order valence-electron chi connectivity index (χ1n) is 6.94. The van der Waals surface area contributed by atoms with Crippen molar-refractivity contribution in [3.05, 3.63) is 0 Å². The highest BCUT2D eigenvalue weighted by molar-refractivity contribution is 8.01. The third-order valence-corrected chi connectivity index (χ3v) is 4.77. The summed E-state index contributed by atoms with van der Waals surface area (Å²) in [5.41, 5.74) is 0. The van der Waals surface area contributed by atoms with Crippen molar-refractivity contribution in [3.8, 4) is 0 Å². The minimum Gasteiger partial charge on any atom is -0.396 e. The van der Waals surface area contributed by atoms with E-state index in [0.717, 1.165) is 19.4 Å². The van der Waals surface area contributed by atoms with Crippen molar-refractivity contribution in [2.45, 2.75) is 51.2 Å². The Hall–Kier alpha value is -0.220. The molecule has 0 aliphatic heterocycles. The maximum Gasteiger partial charge on any atom is 0.230 e. The van der Waals surface area contributed by atoms with Gasteiger partial charge in [-0.05, 0) is 24.7 Å². The Labute approximate surface area is 115 Å². The highest BCUT2D eigenvalue weighted by Gasteiger charge is 2.24. The maximum atomic E-state index is 11.7. The van der Waals surface area contributed by atoms with E-state index in [1.165, 1.54) is 12.8 Å². The van der Waals surface area contributed by atoms with Crippen molar-refractivity contribution in [1.82, 2.24) is 5.32 Å². The number of aliphatic hydroxyl groups is 1. The van der Waals surface area contributed by atoms with Gasteiger partial charge in [0.1, 0.15) is 0 Å². The summed E-state index contributed by atoms with van der Waals surface area (Å²) in [6, 6.07) is 0. The van der Waals surface area contributed by atoms with E-state index in [9.17, 15) is 9.90 Å². The van der Waals surface area contributed by atoms with Gasteiger partial charge in [-0.15, -0.1) is 11.8 Å². The average Bonchev–Trinajstić information content (AvgIpc) is 2.33. The van der Waals surface area contributed by atoms with Crippen molar-refractivity contribution in [2.75, 3.05) is 18.9 Å². The van der Waals surface area contributed by atoms with Crippen LogP contribution in [0.3, 0.4) is 0 Å². The molecule has 4 heteroatoms. The third kappa shape index (κ3) is 6.10. The van der Waals surface area contributed by atoms with Crippen LogP contribution in [0.4, 0.5) is 0 Å². The number of thioether (sulfide) groups is 1. The predicted octanol–water partition coefficient (Wildman–Crippen LogP) is 2.43. The molecular weight excluding hydrogens is 246 g/mol. The lowest BCUT2D eigenvalue weighted by atomic mass is 9.79. The number of amides is 1. The molecule has 0 aromatic carbocycles. The van der Waals surface area contributed by atoms with Crippen LogP contribution in [0.5, 0.6) is 0 Å². The molecule has 1 fully saturated rings. The maximum absolute atomic E-state index is 11.7. The van der Waals surface area contributed by atoms with Gasteiger partial charge in [-0.2, -0.15) is 0 Å². The molecular formula is C14H27NO2S. The fraction of sp³-hybridized carbons (Fsp3) is 0.929. The first-order valence-corrected chi connectivity index (χ1v) is 7.92. The summed E-state index contributed by atoms with van der Waals surface area (Å²) in [6.45, 7) is 7.35. The Morgan fingerprint density at radius 3 is 2.44 bits per heavy atom. The van der Waals surface area contributed by atoms with E-state index in [-0.39, 0.29) is 17.3 Å². The molecule has 1 aliphatic rings. The molecule has 106 valence electrons. The number of aliphatic hydroxyl groups excluding tert-OH is 1. The number of carbonyl (C=O) groups excluding carboxylic acids is 1. The number of nitrogens with one attached hydrogen (secondary N) is 1. The van der Waals surface area contributed by atoms with E-state index < -0.39 is 0 Å². The van der Waals surface area contributed by atoms with Crippen LogP contribution >= 0.6 is 11.8 Å². The molecule has 0 radical (unpaired) electrons. The van der Waals surface area contributed by atoms with Gasteiger partial charge in [0, 0.05) is 17.9 Å². The minimum atomic E-state index is 0.122. The van der Waals surface area contributed by atoms with Crippen LogP contribution in [-0.2, 0) is 4.79 Å². The summed E-state index contributed by atoms with van der Waals surface area (Å²) < 4.78 is 0.135. The zero-order valence-electron chi connectivity index (χ0n) is 11.9. The Morgan fingerprint density at radius 1 is 1.28 bits per heavy atom. The van der Waals surface area contributed by atoms with Gasteiger partial charge >= 0.3 is 0 Å². The Balaban J connectivity index is 2.24. The van der Waals surface area contributed by atoms with E-state index in [2.05, 4.69) is 26.1 Å². The SMILES string of the molecule is CC(C)(C)SCC(=O)NCC1CCCCC1CO. The van der Waals surface area contributed by atoms with Crippen molar-refractivity contribution in [1.29, 1.82) is 0 Å². The first-order chi connectivity index (χ1) is 8.42. The highest BCUT2D eigenvalue weighted by Crippen LogP contribution is 2.29. The van der Waals surface area contributed by atoms with E-state index >= 15 is 0 Å². The molecule has 1 aliphatic carbocycles. The summed E-state index contributed by atoms with van der Waals surface area (Å²) in [6.07, 6.45) is 4.69. The normalized spacial score (nSPS) is 24.9. The fourth-order valence-electron chi connectivity index (χ4n) is 2.37. The second kappa shape index (κ2) is 7.39. The van der Waals surface area contributed by atoms with Gasteiger partial charge in [0.25, 0.3) is 0 Å². The lowest BCUT2D eigenvalue weighted by Crippen LogP contribution is -2.36.